The first kappa shape index (κ1) is 23.8. The summed E-state index contributed by atoms with van der Waals surface area (Å²) in [6.07, 6.45) is 0.776. The van der Waals surface area contributed by atoms with E-state index in [1.54, 1.807) is 44.8 Å². The second-order valence-corrected chi connectivity index (χ2v) is 9.89. The third-order valence-corrected chi connectivity index (χ3v) is 6.29. The van der Waals surface area contributed by atoms with Gasteiger partial charge in [0.1, 0.15) is 6.09 Å². The van der Waals surface area contributed by atoms with Crippen LogP contribution in [0.3, 0.4) is 0 Å². The second-order valence-electron chi connectivity index (χ2n) is 8.57. The number of nitrogens with one attached hydrogen (secondary N) is 1. The number of amides is 2. The largest absolute Gasteiger partial charge is 0.530 e. The molecule has 1 N–H and O–H groups in total. The van der Waals surface area contributed by atoms with Crippen LogP contribution in [0.1, 0.15) is 36.0 Å². The monoisotopic (exact) mass is 473 g/mol. The van der Waals surface area contributed by atoms with Crippen molar-refractivity contribution in [3.8, 4) is 11.3 Å². The van der Waals surface area contributed by atoms with Crippen LogP contribution in [-0.2, 0) is 13.5 Å². The van der Waals surface area contributed by atoms with E-state index in [1.807, 2.05) is 35.7 Å². The highest BCUT2D eigenvalue weighted by Crippen LogP contribution is 2.31. The first-order valence-corrected chi connectivity index (χ1v) is 11.4. The predicted octanol–water partition coefficient (Wildman–Crippen LogP) is 3.59. The molecule has 0 aliphatic heterocycles. The highest BCUT2D eigenvalue weighted by molar-refractivity contribution is 7.12. The lowest BCUT2D eigenvalue weighted by atomic mass is 10.0. The Bertz CT molecular complexity index is 1070. The summed E-state index contributed by atoms with van der Waals surface area (Å²) < 4.78 is 1.66. The summed E-state index contributed by atoms with van der Waals surface area (Å²) in [5.41, 5.74) is 1.87. The van der Waals surface area contributed by atoms with Crippen molar-refractivity contribution in [1.82, 2.24) is 20.0 Å². The maximum absolute atomic E-state index is 13.1. The number of carbonyl (C=O) groups excluding carboxylic acids is 2. The van der Waals surface area contributed by atoms with Gasteiger partial charge in [0.25, 0.3) is 5.91 Å². The van der Waals surface area contributed by atoms with E-state index in [4.69, 9.17) is 11.6 Å². The molecule has 170 valence electrons. The summed E-state index contributed by atoms with van der Waals surface area (Å²) in [6, 6.07) is 11.0. The Morgan fingerprint density at radius 1 is 1.28 bits per heavy atom. The minimum absolute atomic E-state index is 0.109. The zero-order chi connectivity index (χ0) is 23.5. The Morgan fingerprint density at radius 2 is 1.97 bits per heavy atom. The van der Waals surface area contributed by atoms with E-state index in [-0.39, 0.29) is 12.5 Å². The molecule has 1 aromatic carbocycles. The standard InChI is InChI=1S/C23H27ClN4O3S/c1-23(2,3)28(22(30)31)13-17(10-15-8-6-5-7-9-15)26-21(29)19-11-16(14-32-19)20-18(24)12-25-27(20)4/h5-9,11-12,14,17H,10,13H2,1-4H3,(H,26,29)(H,30,31)/p-1. The van der Waals surface area contributed by atoms with E-state index in [0.29, 0.717) is 16.3 Å². The summed E-state index contributed by atoms with van der Waals surface area (Å²) >= 11 is 7.52. The molecule has 3 rings (SSSR count). The average molecular weight is 474 g/mol. The summed E-state index contributed by atoms with van der Waals surface area (Å²) in [5.74, 6) is -0.271. The number of aromatic nitrogens is 2. The van der Waals surface area contributed by atoms with Crippen molar-refractivity contribution < 1.29 is 14.7 Å². The third kappa shape index (κ3) is 5.69. The van der Waals surface area contributed by atoms with Crippen LogP contribution in [-0.4, -0.2) is 44.8 Å². The molecule has 0 spiro atoms. The Hall–Kier alpha value is -2.84. The lowest BCUT2D eigenvalue weighted by Crippen LogP contribution is -2.57. The summed E-state index contributed by atoms with van der Waals surface area (Å²) in [6.45, 7) is 5.51. The van der Waals surface area contributed by atoms with Crippen molar-refractivity contribution in [3.63, 3.8) is 0 Å². The van der Waals surface area contributed by atoms with Crippen LogP contribution in [0.5, 0.6) is 0 Å². The smallest absolute Gasteiger partial charge is 0.261 e. The number of thiophene rings is 1. The third-order valence-electron chi connectivity index (χ3n) is 5.08. The molecule has 3 aromatic rings. The average Bonchev–Trinajstić information content (AvgIpc) is 3.32. The fourth-order valence-electron chi connectivity index (χ4n) is 3.47. The lowest BCUT2D eigenvalue weighted by Gasteiger charge is -2.40. The van der Waals surface area contributed by atoms with Crippen molar-refractivity contribution in [2.75, 3.05) is 6.54 Å². The molecule has 0 aliphatic rings. The molecule has 0 saturated carbocycles. The number of benzene rings is 1. The molecule has 0 fully saturated rings. The molecule has 7 nitrogen and oxygen atoms in total. The van der Waals surface area contributed by atoms with E-state index in [9.17, 15) is 14.7 Å². The summed E-state index contributed by atoms with van der Waals surface area (Å²) in [4.78, 5) is 26.6. The number of halogens is 1. The molecule has 9 heteroatoms. The maximum atomic E-state index is 13.1. The molecule has 0 bridgehead atoms. The highest BCUT2D eigenvalue weighted by atomic mass is 35.5. The van der Waals surface area contributed by atoms with Crippen molar-refractivity contribution in [3.05, 3.63) is 63.4 Å². The summed E-state index contributed by atoms with van der Waals surface area (Å²) in [5, 5.41) is 21.3. The molecule has 2 aromatic heterocycles. The molecule has 1 unspecified atom stereocenters. The number of hydrogen-bond donors (Lipinski definition) is 1. The van der Waals surface area contributed by atoms with Gasteiger partial charge in [0.15, 0.2) is 0 Å². The number of rotatable bonds is 7. The number of aryl methyl sites for hydroxylation is 1. The van der Waals surface area contributed by atoms with Gasteiger partial charge in [-0.2, -0.15) is 5.10 Å². The van der Waals surface area contributed by atoms with Crippen molar-refractivity contribution in [2.24, 2.45) is 7.05 Å². The molecular formula is C23H26ClN4O3S-. The number of nitrogens with zero attached hydrogens (tertiary/aromatic N) is 3. The van der Waals surface area contributed by atoms with Gasteiger partial charge >= 0.3 is 0 Å². The molecular weight excluding hydrogens is 448 g/mol. The van der Waals surface area contributed by atoms with Crippen LogP contribution < -0.4 is 10.4 Å². The van der Waals surface area contributed by atoms with Gasteiger partial charge in [-0.1, -0.05) is 41.9 Å². The van der Waals surface area contributed by atoms with Gasteiger partial charge in [0.2, 0.25) is 0 Å². The van der Waals surface area contributed by atoms with Crippen LogP contribution in [0.15, 0.2) is 48.0 Å². The first-order chi connectivity index (χ1) is 15.1. The van der Waals surface area contributed by atoms with Crippen molar-refractivity contribution in [1.29, 1.82) is 0 Å². The van der Waals surface area contributed by atoms with Crippen LogP contribution in [0, 0.1) is 0 Å². The zero-order valence-corrected chi connectivity index (χ0v) is 20.0. The van der Waals surface area contributed by atoms with Gasteiger partial charge in [-0.15, -0.1) is 11.3 Å². The normalized spacial score (nSPS) is 12.4. The number of hydrogen-bond acceptors (Lipinski definition) is 5. The molecule has 0 radical (unpaired) electrons. The molecule has 2 heterocycles. The molecule has 0 aliphatic carbocycles. The fourth-order valence-corrected chi connectivity index (χ4v) is 4.54. The van der Waals surface area contributed by atoms with E-state index in [0.717, 1.165) is 16.8 Å². The molecule has 0 saturated heterocycles. The van der Waals surface area contributed by atoms with E-state index >= 15 is 0 Å². The topological polar surface area (TPSA) is 90.3 Å². The molecule has 2 amide bonds. The van der Waals surface area contributed by atoms with Crippen molar-refractivity contribution >= 4 is 34.9 Å². The van der Waals surface area contributed by atoms with Gasteiger partial charge in [0.05, 0.1) is 27.8 Å². The van der Waals surface area contributed by atoms with E-state index < -0.39 is 17.7 Å². The van der Waals surface area contributed by atoms with Crippen LogP contribution in [0.4, 0.5) is 4.79 Å². The second kappa shape index (κ2) is 9.75. The van der Waals surface area contributed by atoms with Gasteiger partial charge < -0.3 is 20.1 Å². The SMILES string of the molecule is Cn1ncc(Cl)c1-c1csc(C(=O)NC(Cc2ccccc2)CN(C(=O)[O-])C(C)(C)C)c1. The van der Waals surface area contributed by atoms with Crippen molar-refractivity contribution in [2.45, 2.75) is 38.8 Å². The first-order valence-electron chi connectivity index (χ1n) is 10.2. The van der Waals surface area contributed by atoms with Crippen LogP contribution in [0.2, 0.25) is 5.02 Å². The van der Waals surface area contributed by atoms with Crippen LogP contribution >= 0.6 is 22.9 Å². The van der Waals surface area contributed by atoms with Gasteiger partial charge in [-0.25, -0.2) is 0 Å². The Balaban J connectivity index is 1.82. The number of carboxylic acid groups (broad SMARTS) is 1. The Kier molecular flexibility index (Phi) is 7.26. The quantitative estimate of drug-likeness (QED) is 0.567. The van der Waals surface area contributed by atoms with E-state index in [2.05, 4.69) is 10.4 Å². The number of carbonyl (C=O) groups is 2. The summed E-state index contributed by atoms with van der Waals surface area (Å²) in [7, 11) is 1.79. The zero-order valence-electron chi connectivity index (χ0n) is 18.5. The minimum Gasteiger partial charge on any atom is -0.530 e. The fraction of sp³-hybridized carbons (Fsp3) is 0.348. The Labute approximate surface area is 196 Å². The predicted molar refractivity (Wildman–Crippen MR) is 125 cm³/mol. The lowest BCUT2D eigenvalue weighted by molar-refractivity contribution is -0.270. The Morgan fingerprint density at radius 3 is 2.53 bits per heavy atom. The van der Waals surface area contributed by atoms with E-state index in [1.165, 1.54) is 16.2 Å². The van der Waals surface area contributed by atoms with Crippen LogP contribution in [0.25, 0.3) is 11.3 Å². The molecule has 1 atom stereocenters. The van der Waals surface area contributed by atoms with Gasteiger partial charge in [0, 0.05) is 30.1 Å². The maximum Gasteiger partial charge on any atom is 0.261 e. The van der Waals surface area contributed by atoms with Gasteiger partial charge in [-0.05, 0) is 38.8 Å². The van der Waals surface area contributed by atoms with Gasteiger partial charge in [-0.3, -0.25) is 9.48 Å². The molecule has 32 heavy (non-hydrogen) atoms. The highest BCUT2D eigenvalue weighted by Gasteiger charge is 2.26. The minimum atomic E-state index is -1.27.